The number of hydrogen-bond acceptors (Lipinski definition) is 13. The van der Waals surface area contributed by atoms with Gasteiger partial charge in [0.1, 0.15) is 12.3 Å². The molecule has 4 heterocycles. The SMILES string of the molecule is COC[C@H]1O[C@@H](n2cc(/C=C/C(=O)NCCCCCCNC(=O)CCCCC3SC[C@H]4[C@@H]3NC(=O)N4C(=O)c3ccc(C(C)(C)C)cc3)c(=O)[nH]c2=O)CC1OP(OCCC#N)N(C(C)C)C(C)C. The van der Waals surface area contributed by atoms with Crippen LogP contribution in [-0.4, -0.2) is 124 Å². The molecule has 20 heteroatoms. The van der Waals surface area contributed by atoms with Crippen LogP contribution >= 0.6 is 20.3 Å². The zero-order chi connectivity index (χ0) is 50.3. The fourth-order valence-corrected chi connectivity index (χ4v) is 12.1. The first-order chi connectivity index (χ1) is 32.9. The summed E-state index contributed by atoms with van der Waals surface area (Å²) in [7, 11) is -0.0530. The second-order valence-electron chi connectivity index (χ2n) is 19.3. The normalized spacial score (nSPS) is 21.8. The third kappa shape index (κ3) is 15.8. The number of rotatable bonds is 26. The fraction of sp³-hybridized carbons (Fsp3) is 0.653. The second-order valence-corrected chi connectivity index (χ2v) is 22.0. The molecule has 1 aromatic heterocycles. The van der Waals surface area contributed by atoms with E-state index in [0.717, 1.165) is 50.5 Å². The number of nitrogens with one attached hydrogen (secondary N) is 4. The molecule has 5 amide bonds. The van der Waals surface area contributed by atoms with E-state index in [1.807, 2.05) is 39.8 Å². The largest absolute Gasteiger partial charge is 0.382 e. The number of unbranched alkanes of at least 4 members (excludes halogenated alkanes) is 4. The van der Waals surface area contributed by atoms with Crippen molar-refractivity contribution < 1.29 is 37.7 Å². The molecule has 0 aliphatic carbocycles. The summed E-state index contributed by atoms with van der Waals surface area (Å²) in [6, 6.07) is 9.17. The molecule has 3 aliphatic heterocycles. The van der Waals surface area contributed by atoms with Crippen LogP contribution in [0.2, 0.25) is 0 Å². The van der Waals surface area contributed by atoms with Gasteiger partial charge in [-0.3, -0.25) is 33.6 Å². The van der Waals surface area contributed by atoms with Crippen molar-refractivity contribution in [2.24, 2.45) is 0 Å². The summed E-state index contributed by atoms with van der Waals surface area (Å²) in [5, 5.41) is 18.2. The molecule has 3 saturated heterocycles. The van der Waals surface area contributed by atoms with Crippen LogP contribution < -0.4 is 27.2 Å². The number of aromatic amines is 1. The van der Waals surface area contributed by atoms with Crippen molar-refractivity contribution in [3.8, 4) is 6.07 Å². The Bertz CT molecular complexity index is 2220. The maximum Gasteiger partial charge on any atom is 0.330 e. The van der Waals surface area contributed by atoms with E-state index >= 15 is 0 Å². The van der Waals surface area contributed by atoms with Crippen LogP contribution in [0.4, 0.5) is 4.79 Å². The molecule has 7 atom stereocenters. The Hall–Kier alpha value is -4.41. The number of nitrogens with zero attached hydrogens (tertiary/aromatic N) is 4. The molecule has 3 unspecified atom stereocenters. The molecule has 380 valence electrons. The summed E-state index contributed by atoms with van der Waals surface area (Å²) in [5.74, 6) is 0.0524. The zero-order valence-electron chi connectivity index (χ0n) is 41.5. The van der Waals surface area contributed by atoms with Crippen molar-refractivity contribution in [1.29, 1.82) is 5.26 Å². The van der Waals surface area contributed by atoms with Crippen molar-refractivity contribution in [3.63, 3.8) is 0 Å². The van der Waals surface area contributed by atoms with Gasteiger partial charge in [-0.2, -0.15) is 17.0 Å². The Labute approximate surface area is 412 Å². The van der Waals surface area contributed by atoms with E-state index in [2.05, 4.69) is 52.4 Å². The number of urea groups is 1. The van der Waals surface area contributed by atoms with Gasteiger partial charge in [-0.25, -0.2) is 14.3 Å². The van der Waals surface area contributed by atoms with Crippen LogP contribution in [0.15, 0.2) is 46.1 Å². The molecule has 0 saturated carbocycles. The molecule has 0 bridgehead atoms. The number of imide groups is 1. The highest BCUT2D eigenvalue weighted by molar-refractivity contribution is 8.00. The van der Waals surface area contributed by atoms with Gasteiger partial charge in [0.15, 0.2) is 0 Å². The summed E-state index contributed by atoms with van der Waals surface area (Å²) in [4.78, 5) is 81.0. The van der Waals surface area contributed by atoms with Crippen LogP contribution in [0.1, 0.15) is 140 Å². The molecule has 0 spiro atoms. The van der Waals surface area contributed by atoms with E-state index in [-0.39, 0.29) is 90.2 Å². The molecule has 69 heavy (non-hydrogen) atoms. The summed E-state index contributed by atoms with van der Waals surface area (Å²) in [6.45, 7) is 15.9. The van der Waals surface area contributed by atoms with Crippen LogP contribution in [0.25, 0.3) is 6.08 Å². The highest BCUT2D eigenvalue weighted by atomic mass is 32.2. The lowest BCUT2D eigenvalue weighted by Crippen LogP contribution is -2.41. The number of hydrogen-bond donors (Lipinski definition) is 4. The van der Waals surface area contributed by atoms with E-state index in [0.29, 0.717) is 30.8 Å². The molecule has 1 aromatic carbocycles. The molecule has 4 N–H and O–H groups in total. The Morgan fingerprint density at radius 3 is 2.36 bits per heavy atom. The third-order valence-corrected chi connectivity index (χ3v) is 16.0. The minimum atomic E-state index is -1.60. The van der Waals surface area contributed by atoms with Crippen molar-refractivity contribution in [2.75, 3.05) is 39.2 Å². The summed E-state index contributed by atoms with van der Waals surface area (Å²) in [5.41, 5.74) is 0.389. The van der Waals surface area contributed by atoms with Gasteiger partial charge >= 0.3 is 11.7 Å². The van der Waals surface area contributed by atoms with E-state index in [9.17, 15) is 28.8 Å². The monoisotopic (exact) mass is 996 g/mol. The predicted molar refractivity (Wildman–Crippen MR) is 267 cm³/mol. The average molecular weight is 997 g/mol. The number of ether oxygens (including phenoxy) is 2. The minimum Gasteiger partial charge on any atom is -0.382 e. The number of carbonyl (C=O) groups excluding carboxylic acids is 4. The molecule has 5 rings (SSSR count). The lowest BCUT2D eigenvalue weighted by atomic mass is 9.86. The minimum absolute atomic E-state index is 0.0107. The standard InChI is InChI=1S/C49H73N8O10PS/c1-32(2)57(33(3)4)68(65-27-15-24-50)67-38-28-43(66-39(38)30-64-8)55-29-35(45(60)54-47(55)62)20-23-42(59)52-26-14-10-9-13-25-51-41(58)17-12-11-16-40-44-37(31-69-40)56(48(63)53-44)46(61)34-18-21-36(22-19-34)49(5,6)7/h18-23,29,32-33,37-40,43-44H,9-17,25-28,30-31H2,1-8H3,(H,51,58)(H,52,59)(H,53,63)(H,54,60,62)/b23-20+/t37-,38?,39+,40?,43+,44-,68?/m0/s1. The number of fused-ring (bicyclic) bond motifs is 1. The van der Waals surface area contributed by atoms with Gasteiger partial charge in [0.2, 0.25) is 11.8 Å². The highest BCUT2D eigenvalue weighted by Crippen LogP contribution is 2.50. The van der Waals surface area contributed by atoms with Crippen LogP contribution in [0.5, 0.6) is 0 Å². The molecule has 3 aliphatic rings. The average Bonchev–Trinajstić information content (AvgIpc) is 3.97. The maximum atomic E-state index is 13.4. The number of amides is 5. The fourth-order valence-electron chi connectivity index (χ4n) is 8.75. The molecule has 3 fully saturated rings. The quantitative estimate of drug-likeness (QED) is 0.0342. The number of aromatic nitrogens is 2. The first-order valence-corrected chi connectivity index (χ1v) is 26.4. The van der Waals surface area contributed by atoms with Crippen molar-refractivity contribution >= 4 is 50.1 Å². The van der Waals surface area contributed by atoms with E-state index in [1.54, 1.807) is 31.0 Å². The van der Waals surface area contributed by atoms with Gasteiger partial charge < -0.3 is 34.5 Å². The van der Waals surface area contributed by atoms with Crippen LogP contribution in [0.3, 0.4) is 0 Å². The van der Waals surface area contributed by atoms with E-state index in [1.165, 1.54) is 27.8 Å². The highest BCUT2D eigenvalue weighted by Gasteiger charge is 2.50. The predicted octanol–water partition coefficient (Wildman–Crippen LogP) is 6.51. The lowest BCUT2D eigenvalue weighted by molar-refractivity contribution is -0.121. The summed E-state index contributed by atoms with van der Waals surface area (Å²) in [6.07, 6.45) is 8.71. The smallest absolute Gasteiger partial charge is 0.330 e. The van der Waals surface area contributed by atoms with Crippen molar-refractivity contribution in [3.05, 3.63) is 74.1 Å². The number of benzene rings is 1. The Balaban J connectivity index is 0.967. The Morgan fingerprint density at radius 1 is 1.01 bits per heavy atom. The van der Waals surface area contributed by atoms with Gasteiger partial charge in [0, 0.05) is 74.0 Å². The maximum absolute atomic E-state index is 13.4. The van der Waals surface area contributed by atoms with E-state index < -0.39 is 38.2 Å². The number of H-pyrrole nitrogens is 1. The number of carbonyl (C=O) groups is 4. The Morgan fingerprint density at radius 2 is 1.71 bits per heavy atom. The first-order valence-electron chi connectivity index (χ1n) is 24.3. The molecule has 0 radical (unpaired) electrons. The van der Waals surface area contributed by atoms with Gasteiger partial charge in [-0.05, 0) is 82.6 Å². The van der Waals surface area contributed by atoms with Crippen LogP contribution in [-0.2, 0) is 33.5 Å². The number of nitriles is 1. The molecular formula is C49H73N8O10PS. The molecule has 2 aromatic rings. The van der Waals surface area contributed by atoms with Gasteiger partial charge in [0.25, 0.3) is 20.0 Å². The third-order valence-electron chi connectivity index (χ3n) is 12.3. The van der Waals surface area contributed by atoms with Crippen molar-refractivity contribution in [2.45, 2.75) is 166 Å². The van der Waals surface area contributed by atoms with Gasteiger partial charge in [-0.15, -0.1) is 0 Å². The second kappa shape index (κ2) is 26.7. The summed E-state index contributed by atoms with van der Waals surface area (Å²) >= 11 is 1.78. The zero-order valence-corrected chi connectivity index (χ0v) is 43.2. The lowest BCUT2D eigenvalue weighted by Gasteiger charge is -2.37. The molecular weight excluding hydrogens is 924 g/mol. The van der Waals surface area contributed by atoms with Crippen LogP contribution in [0, 0.1) is 11.3 Å². The van der Waals surface area contributed by atoms with Gasteiger partial charge in [-0.1, -0.05) is 52.2 Å². The van der Waals surface area contributed by atoms with Gasteiger partial charge in [0.05, 0.1) is 49.5 Å². The first kappa shape index (κ1) is 55.5. The topological polar surface area (TPSA) is 226 Å². The number of thioether (sulfide) groups is 1. The Kier molecular flexibility index (Phi) is 21.5. The number of methoxy groups -OCH3 is 1. The van der Waals surface area contributed by atoms with Crippen molar-refractivity contribution in [1.82, 2.24) is 35.1 Å². The van der Waals surface area contributed by atoms with E-state index in [4.69, 9.17) is 23.8 Å². The summed E-state index contributed by atoms with van der Waals surface area (Å²) < 4.78 is 27.7. The molecule has 18 nitrogen and oxygen atoms in total.